The minimum Gasteiger partial charge on any atom is -0.392 e. The average Bonchev–Trinajstić information content (AvgIpc) is 2.46. The molecule has 1 heterocycles. The van der Waals surface area contributed by atoms with E-state index in [1.54, 1.807) is 11.8 Å². The molecule has 0 unspecified atom stereocenters. The van der Waals surface area contributed by atoms with Crippen molar-refractivity contribution in [3.8, 4) is 0 Å². The van der Waals surface area contributed by atoms with E-state index in [9.17, 15) is 4.79 Å². The molecule has 104 valence electrons. The van der Waals surface area contributed by atoms with Crippen molar-refractivity contribution in [2.45, 2.75) is 31.3 Å². The topological polar surface area (TPSA) is 40.5 Å². The summed E-state index contributed by atoms with van der Waals surface area (Å²) < 4.78 is 0. The number of amides is 1. The predicted octanol–water partition coefficient (Wildman–Crippen LogP) is 2.53. The van der Waals surface area contributed by atoms with Gasteiger partial charge in [-0.25, -0.2) is 0 Å². The predicted molar refractivity (Wildman–Crippen MR) is 78.1 cm³/mol. The van der Waals surface area contributed by atoms with Crippen LogP contribution < -0.4 is 0 Å². The van der Waals surface area contributed by atoms with Gasteiger partial charge in [0, 0.05) is 18.0 Å². The van der Waals surface area contributed by atoms with Gasteiger partial charge >= 0.3 is 0 Å². The summed E-state index contributed by atoms with van der Waals surface area (Å²) in [4.78, 5) is 15.1. The lowest BCUT2D eigenvalue weighted by Gasteiger charge is -2.30. The summed E-state index contributed by atoms with van der Waals surface area (Å²) >= 11 is 1.57. The third-order valence-electron chi connectivity index (χ3n) is 3.60. The number of rotatable bonds is 4. The van der Waals surface area contributed by atoms with Crippen molar-refractivity contribution in [1.82, 2.24) is 4.90 Å². The second-order valence-electron chi connectivity index (χ2n) is 5.15. The first-order valence-electron chi connectivity index (χ1n) is 6.79. The van der Waals surface area contributed by atoms with Crippen LogP contribution in [0.3, 0.4) is 0 Å². The van der Waals surface area contributed by atoms with Crippen LogP contribution in [-0.2, 0) is 11.4 Å². The molecule has 1 aliphatic heterocycles. The van der Waals surface area contributed by atoms with E-state index < -0.39 is 0 Å². The van der Waals surface area contributed by atoms with Gasteiger partial charge in [0.25, 0.3) is 0 Å². The number of thioether (sulfide) groups is 1. The molecular weight excluding hydrogens is 258 g/mol. The molecule has 0 aliphatic carbocycles. The Bertz CT molecular complexity index is 411. The Kier molecular flexibility index (Phi) is 5.28. The highest BCUT2D eigenvalue weighted by molar-refractivity contribution is 8.00. The molecule has 4 heteroatoms. The Morgan fingerprint density at radius 2 is 1.95 bits per heavy atom. The van der Waals surface area contributed by atoms with E-state index in [4.69, 9.17) is 5.11 Å². The van der Waals surface area contributed by atoms with Crippen LogP contribution in [0.5, 0.6) is 0 Å². The quantitative estimate of drug-likeness (QED) is 0.861. The van der Waals surface area contributed by atoms with E-state index in [1.165, 1.54) is 0 Å². The largest absolute Gasteiger partial charge is 0.392 e. The SMILES string of the molecule is CC1CCN(C(=O)CSc2ccc(CO)cc2)CC1. The number of carbonyl (C=O) groups is 1. The monoisotopic (exact) mass is 279 g/mol. The molecular formula is C15H21NO2S. The van der Waals surface area contributed by atoms with Crippen LogP contribution >= 0.6 is 11.8 Å². The van der Waals surface area contributed by atoms with Crippen LogP contribution in [0.1, 0.15) is 25.3 Å². The molecule has 0 atom stereocenters. The number of hydrogen-bond donors (Lipinski definition) is 1. The summed E-state index contributed by atoms with van der Waals surface area (Å²) in [6, 6.07) is 7.72. The summed E-state index contributed by atoms with van der Waals surface area (Å²) in [6.45, 7) is 4.13. The van der Waals surface area contributed by atoms with Gasteiger partial charge in [-0.3, -0.25) is 4.79 Å². The normalized spacial score (nSPS) is 16.6. The van der Waals surface area contributed by atoms with Gasteiger partial charge in [0.15, 0.2) is 0 Å². The summed E-state index contributed by atoms with van der Waals surface area (Å²) in [6.07, 6.45) is 2.25. The number of nitrogens with zero attached hydrogens (tertiary/aromatic N) is 1. The third kappa shape index (κ3) is 4.25. The van der Waals surface area contributed by atoms with Crippen molar-refractivity contribution in [2.24, 2.45) is 5.92 Å². The van der Waals surface area contributed by atoms with Crippen molar-refractivity contribution < 1.29 is 9.90 Å². The molecule has 3 nitrogen and oxygen atoms in total. The highest BCUT2D eigenvalue weighted by atomic mass is 32.2. The van der Waals surface area contributed by atoms with Crippen molar-refractivity contribution >= 4 is 17.7 Å². The molecule has 0 saturated carbocycles. The van der Waals surface area contributed by atoms with Gasteiger partial charge in [0.05, 0.1) is 12.4 Å². The first kappa shape index (κ1) is 14.4. The number of likely N-dealkylation sites (tertiary alicyclic amines) is 1. The van der Waals surface area contributed by atoms with Gasteiger partial charge in [-0.05, 0) is 36.5 Å². The zero-order valence-corrected chi connectivity index (χ0v) is 12.2. The molecule has 19 heavy (non-hydrogen) atoms. The number of benzene rings is 1. The second-order valence-corrected chi connectivity index (χ2v) is 6.20. The fraction of sp³-hybridized carbons (Fsp3) is 0.533. The third-order valence-corrected chi connectivity index (χ3v) is 4.60. The van der Waals surface area contributed by atoms with E-state index >= 15 is 0 Å². The Balaban J connectivity index is 1.79. The lowest BCUT2D eigenvalue weighted by atomic mass is 9.99. The van der Waals surface area contributed by atoms with Gasteiger partial charge in [-0.2, -0.15) is 0 Å². The zero-order chi connectivity index (χ0) is 13.7. The van der Waals surface area contributed by atoms with Crippen LogP contribution in [0, 0.1) is 5.92 Å². The molecule has 0 aromatic heterocycles. The highest BCUT2D eigenvalue weighted by Crippen LogP contribution is 2.21. The maximum absolute atomic E-state index is 12.1. The molecule has 1 fully saturated rings. The van der Waals surface area contributed by atoms with Gasteiger partial charge in [-0.15, -0.1) is 11.8 Å². The smallest absolute Gasteiger partial charge is 0.232 e. The molecule has 1 aromatic carbocycles. The summed E-state index contributed by atoms with van der Waals surface area (Å²) in [5.74, 6) is 1.50. The van der Waals surface area contributed by atoms with Gasteiger partial charge < -0.3 is 10.0 Å². The standard InChI is InChI=1S/C15H21NO2S/c1-12-6-8-16(9-7-12)15(18)11-19-14-4-2-13(10-17)3-5-14/h2-5,12,17H,6-11H2,1H3. The zero-order valence-electron chi connectivity index (χ0n) is 11.3. The maximum Gasteiger partial charge on any atom is 0.232 e. The van der Waals surface area contributed by atoms with Crippen molar-refractivity contribution in [2.75, 3.05) is 18.8 Å². The Hall–Kier alpha value is -1.00. The highest BCUT2D eigenvalue weighted by Gasteiger charge is 2.19. The van der Waals surface area contributed by atoms with Crippen LogP contribution in [0.4, 0.5) is 0 Å². The molecule has 0 radical (unpaired) electrons. The average molecular weight is 279 g/mol. The molecule has 0 bridgehead atoms. The van der Waals surface area contributed by atoms with Gasteiger partial charge in [-0.1, -0.05) is 19.1 Å². The first-order chi connectivity index (χ1) is 9.19. The molecule has 0 spiro atoms. The molecule has 1 aromatic rings. The second kappa shape index (κ2) is 6.96. The van der Waals surface area contributed by atoms with Crippen molar-refractivity contribution in [1.29, 1.82) is 0 Å². The van der Waals surface area contributed by atoms with Crippen LogP contribution in [0.15, 0.2) is 29.2 Å². The lowest BCUT2D eigenvalue weighted by molar-refractivity contribution is -0.129. The fourth-order valence-corrected chi connectivity index (χ4v) is 2.99. The Labute approximate surface area is 119 Å². The molecule has 1 aliphatic rings. The molecule has 1 N–H and O–H groups in total. The number of piperidine rings is 1. The molecule has 1 amide bonds. The first-order valence-corrected chi connectivity index (χ1v) is 7.78. The maximum atomic E-state index is 12.1. The van der Waals surface area contributed by atoms with E-state index in [1.807, 2.05) is 29.2 Å². The van der Waals surface area contributed by atoms with E-state index in [-0.39, 0.29) is 12.5 Å². The summed E-state index contributed by atoms with van der Waals surface area (Å²) in [5, 5.41) is 8.97. The summed E-state index contributed by atoms with van der Waals surface area (Å²) in [5.41, 5.74) is 0.903. The van der Waals surface area contributed by atoms with Crippen molar-refractivity contribution in [3.63, 3.8) is 0 Å². The van der Waals surface area contributed by atoms with E-state index in [0.717, 1.165) is 42.3 Å². The molecule has 1 saturated heterocycles. The number of hydrogen-bond acceptors (Lipinski definition) is 3. The van der Waals surface area contributed by atoms with Crippen LogP contribution in [0.25, 0.3) is 0 Å². The number of aliphatic hydroxyl groups excluding tert-OH is 1. The van der Waals surface area contributed by atoms with E-state index in [0.29, 0.717) is 5.75 Å². The number of aliphatic hydroxyl groups is 1. The minimum absolute atomic E-state index is 0.0653. The fourth-order valence-electron chi connectivity index (χ4n) is 2.19. The Morgan fingerprint density at radius 3 is 2.53 bits per heavy atom. The van der Waals surface area contributed by atoms with Gasteiger partial charge in [0.1, 0.15) is 0 Å². The van der Waals surface area contributed by atoms with E-state index in [2.05, 4.69) is 6.92 Å². The number of carbonyl (C=O) groups excluding carboxylic acids is 1. The Morgan fingerprint density at radius 1 is 1.32 bits per heavy atom. The van der Waals surface area contributed by atoms with Crippen LogP contribution in [0.2, 0.25) is 0 Å². The van der Waals surface area contributed by atoms with Gasteiger partial charge in [0.2, 0.25) is 5.91 Å². The van der Waals surface area contributed by atoms with Crippen LogP contribution in [-0.4, -0.2) is 34.8 Å². The van der Waals surface area contributed by atoms with Crippen molar-refractivity contribution in [3.05, 3.63) is 29.8 Å². The minimum atomic E-state index is 0.0653. The summed E-state index contributed by atoms with van der Waals surface area (Å²) in [7, 11) is 0. The lowest BCUT2D eigenvalue weighted by Crippen LogP contribution is -2.38. The molecule has 2 rings (SSSR count).